The van der Waals surface area contributed by atoms with E-state index in [9.17, 15) is 9.18 Å². The van der Waals surface area contributed by atoms with E-state index < -0.39 is 11.7 Å². The third-order valence-electron chi connectivity index (χ3n) is 3.87. The summed E-state index contributed by atoms with van der Waals surface area (Å²) in [7, 11) is 0. The van der Waals surface area contributed by atoms with E-state index in [4.69, 9.17) is 9.47 Å². The molecule has 150 valence electrons. The molecule has 3 aromatic rings. The second-order valence-corrected chi connectivity index (χ2v) is 6.90. The van der Waals surface area contributed by atoms with Gasteiger partial charge in [0.1, 0.15) is 11.4 Å². The van der Waals surface area contributed by atoms with Crippen LogP contribution < -0.4 is 14.8 Å². The van der Waals surface area contributed by atoms with Gasteiger partial charge in [-0.15, -0.1) is 16.9 Å². The highest BCUT2D eigenvalue weighted by atomic mass is 32.2. The van der Waals surface area contributed by atoms with Crippen molar-refractivity contribution in [3.05, 3.63) is 65.6 Å². The van der Waals surface area contributed by atoms with Crippen LogP contribution in [0.3, 0.4) is 0 Å². The maximum Gasteiger partial charge on any atom is 0.261 e. The van der Waals surface area contributed by atoms with Gasteiger partial charge < -0.3 is 14.8 Å². The van der Waals surface area contributed by atoms with Crippen LogP contribution in [0.2, 0.25) is 0 Å². The summed E-state index contributed by atoms with van der Waals surface area (Å²) in [5, 5.41) is 10.8. The second-order valence-electron chi connectivity index (χ2n) is 6.02. The van der Waals surface area contributed by atoms with Crippen molar-refractivity contribution in [3.63, 3.8) is 0 Å². The van der Waals surface area contributed by atoms with Gasteiger partial charge in [0, 0.05) is 16.6 Å². The summed E-state index contributed by atoms with van der Waals surface area (Å²) in [6.07, 6.45) is 1.96. The van der Waals surface area contributed by atoms with Crippen LogP contribution in [-0.2, 0) is 0 Å². The molecule has 0 saturated heterocycles. The number of amides is 1. The lowest BCUT2D eigenvalue weighted by molar-refractivity contribution is 0.102. The normalized spacial score (nSPS) is 10.5. The Morgan fingerprint density at radius 2 is 1.97 bits per heavy atom. The van der Waals surface area contributed by atoms with Gasteiger partial charge in [-0.1, -0.05) is 6.07 Å². The molecule has 1 N–H and O–H groups in total. The lowest BCUT2D eigenvalue weighted by Gasteiger charge is -2.13. The van der Waals surface area contributed by atoms with Crippen LogP contribution in [0.1, 0.15) is 23.0 Å². The van der Waals surface area contributed by atoms with Gasteiger partial charge in [0.15, 0.2) is 11.5 Å². The molecule has 6 nitrogen and oxygen atoms in total. The molecule has 0 spiro atoms. The molecule has 0 radical (unpaired) electrons. The molecule has 0 bridgehead atoms. The molecule has 0 aliphatic carbocycles. The van der Waals surface area contributed by atoms with E-state index in [0.29, 0.717) is 18.0 Å². The van der Waals surface area contributed by atoms with Crippen molar-refractivity contribution in [1.82, 2.24) is 10.2 Å². The number of aromatic nitrogens is 2. The minimum absolute atomic E-state index is 0.00156. The summed E-state index contributed by atoms with van der Waals surface area (Å²) in [4.78, 5) is 13.9. The first-order valence-corrected chi connectivity index (χ1v) is 10.1. The van der Waals surface area contributed by atoms with Gasteiger partial charge in [0.2, 0.25) is 0 Å². The summed E-state index contributed by atoms with van der Waals surface area (Å²) < 4.78 is 24.7. The molecule has 0 aliphatic rings. The summed E-state index contributed by atoms with van der Waals surface area (Å²) in [6, 6.07) is 13.0. The van der Waals surface area contributed by atoms with E-state index in [1.807, 2.05) is 24.5 Å². The van der Waals surface area contributed by atoms with Crippen molar-refractivity contribution in [1.29, 1.82) is 0 Å². The Bertz CT molecular complexity index is 1030. The Labute approximate surface area is 172 Å². The number of ether oxygens (including phenoxy) is 2. The fourth-order valence-corrected chi connectivity index (χ4v) is 3.01. The Morgan fingerprint density at radius 1 is 1.14 bits per heavy atom. The number of carbonyl (C=O) groups is 1. The minimum atomic E-state index is -0.456. The predicted molar refractivity (Wildman–Crippen MR) is 111 cm³/mol. The van der Waals surface area contributed by atoms with E-state index in [0.717, 1.165) is 4.90 Å². The van der Waals surface area contributed by atoms with Crippen LogP contribution in [0.15, 0.2) is 53.4 Å². The van der Waals surface area contributed by atoms with Crippen LogP contribution in [0.5, 0.6) is 17.4 Å². The van der Waals surface area contributed by atoms with E-state index in [2.05, 4.69) is 15.5 Å². The lowest BCUT2D eigenvalue weighted by Crippen LogP contribution is -2.15. The van der Waals surface area contributed by atoms with Crippen molar-refractivity contribution < 1.29 is 18.7 Å². The molecule has 8 heteroatoms. The summed E-state index contributed by atoms with van der Waals surface area (Å²) in [5.41, 5.74) is 1.42. The number of hydrogen-bond donors (Lipinski definition) is 1. The molecule has 1 aromatic heterocycles. The first-order valence-electron chi connectivity index (χ1n) is 8.90. The predicted octanol–water partition coefficient (Wildman–Crippen LogP) is 5.09. The average molecular weight is 413 g/mol. The maximum atomic E-state index is 13.5. The largest absolute Gasteiger partial charge is 0.490 e. The first kappa shape index (κ1) is 20.6. The van der Waals surface area contributed by atoms with E-state index in [1.54, 1.807) is 37.7 Å². The number of nitrogens with one attached hydrogen (secondary N) is 1. The van der Waals surface area contributed by atoms with E-state index >= 15 is 0 Å². The monoisotopic (exact) mass is 413 g/mol. The van der Waals surface area contributed by atoms with Crippen LogP contribution >= 0.6 is 11.8 Å². The molecule has 0 fully saturated rings. The molecule has 3 rings (SSSR count). The molecule has 29 heavy (non-hydrogen) atoms. The first-order chi connectivity index (χ1) is 14.0. The van der Waals surface area contributed by atoms with Gasteiger partial charge in [-0.2, -0.15) is 5.10 Å². The maximum absolute atomic E-state index is 13.5. The number of aryl methyl sites for hydroxylation is 1. The second kappa shape index (κ2) is 9.38. The van der Waals surface area contributed by atoms with Crippen molar-refractivity contribution >= 4 is 23.4 Å². The summed E-state index contributed by atoms with van der Waals surface area (Å²) in [6.45, 7) is 3.84. The van der Waals surface area contributed by atoms with Crippen molar-refractivity contribution in [3.8, 4) is 17.4 Å². The molecule has 0 atom stereocenters. The number of hydrogen-bond acceptors (Lipinski definition) is 6. The molecule has 1 heterocycles. The quantitative estimate of drug-likeness (QED) is 0.544. The van der Waals surface area contributed by atoms with Crippen LogP contribution in [-0.4, -0.2) is 29.0 Å². The third-order valence-corrected chi connectivity index (χ3v) is 4.59. The number of benzene rings is 2. The molecular weight excluding hydrogens is 393 g/mol. The fraction of sp³-hybridized carbons (Fsp3) is 0.190. The van der Waals surface area contributed by atoms with Gasteiger partial charge in [0.25, 0.3) is 11.8 Å². The highest BCUT2D eigenvalue weighted by Crippen LogP contribution is 2.33. The standard InChI is InChI=1S/C21H20FN3O3S/c1-4-27-19-11-14(22)8-9-18(19)28-21-17(10-13(2)24-25-21)20(26)23-15-6-5-7-16(12-15)29-3/h5-12H,4H2,1-3H3,(H,23,26). The number of halogens is 1. The number of nitrogens with zero attached hydrogens (tertiary/aromatic N) is 2. The lowest BCUT2D eigenvalue weighted by atomic mass is 10.2. The summed E-state index contributed by atoms with van der Waals surface area (Å²) in [5.74, 6) is -0.390. The Balaban J connectivity index is 1.91. The zero-order chi connectivity index (χ0) is 20.8. The molecular formula is C21H20FN3O3S. The van der Waals surface area contributed by atoms with Crippen molar-refractivity contribution in [2.75, 3.05) is 18.2 Å². The van der Waals surface area contributed by atoms with Crippen LogP contribution in [0.25, 0.3) is 0 Å². The Hall–Kier alpha value is -3.13. The Morgan fingerprint density at radius 3 is 2.72 bits per heavy atom. The van der Waals surface area contributed by atoms with Crippen LogP contribution in [0.4, 0.5) is 10.1 Å². The minimum Gasteiger partial charge on any atom is -0.490 e. The van der Waals surface area contributed by atoms with Crippen molar-refractivity contribution in [2.24, 2.45) is 0 Å². The summed E-state index contributed by atoms with van der Waals surface area (Å²) >= 11 is 1.58. The van der Waals surface area contributed by atoms with Gasteiger partial charge >= 0.3 is 0 Å². The smallest absolute Gasteiger partial charge is 0.261 e. The van der Waals surface area contributed by atoms with Gasteiger partial charge in [0.05, 0.1) is 12.3 Å². The van der Waals surface area contributed by atoms with Crippen LogP contribution in [0, 0.1) is 12.7 Å². The molecule has 0 aliphatic heterocycles. The highest BCUT2D eigenvalue weighted by Gasteiger charge is 2.18. The molecule has 1 amide bonds. The van der Waals surface area contributed by atoms with Gasteiger partial charge in [-0.25, -0.2) is 4.39 Å². The zero-order valence-electron chi connectivity index (χ0n) is 16.2. The van der Waals surface area contributed by atoms with Crippen molar-refractivity contribution in [2.45, 2.75) is 18.7 Å². The third kappa shape index (κ3) is 5.23. The topological polar surface area (TPSA) is 73.3 Å². The number of rotatable bonds is 7. The SMILES string of the molecule is CCOc1cc(F)ccc1Oc1nnc(C)cc1C(=O)Nc1cccc(SC)c1. The molecule has 2 aromatic carbocycles. The Kier molecular flexibility index (Phi) is 6.66. The average Bonchev–Trinajstić information content (AvgIpc) is 2.71. The van der Waals surface area contributed by atoms with E-state index in [-0.39, 0.29) is 22.9 Å². The fourth-order valence-electron chi connectivity index (χ4n) is 2.55. The molecule has 0 saturated carbocycles. The van der Waals surface area contributed by atoms with Gasteiger partial charge in [-0.05, 0) is 56.5 Å². The number of carbonyl (C=O) groups excluding carboxylic acids is 1. The van der Waals surface area contributed by atoms with E-state index in [1.165, 1.54) is 18.2 Å². The molecule has 0 unspecified atom stereocenters. The number of thioether (sulfide) groups is 1. The number of anilines is 1. The zero-order valence-corrected chi connectivity index (χ0v) is 17.0. The van der Waals surface area contributed by atoms with Gasteiger partial charge in [-0.3, -0.25) is 4.79 Å². The highest BCUT2D eigenvalue weighted by molar-refractivity contribution is 7.98.